The molecule has 1 aliphatic rings. The first-order chi connectivity index (χ1) is 16.6. The maximum atomic E-state index is 12.6. The summed E-state index contributed by atoms with van der Waals surface area (Å²) < 4.78 is 10.9. The summed E-state index contributed by atoms with van der Waals surface area (Å²) in [7, 11) is 1.68. The van der Waals surface area contributed by atoms with Crippen molar-refractivity contribution in [2.24, 2.45) is 0 Å². The summed E-state index contributed by atoms with van der Waals surface area (Å²) in [5.74, 6) is 0.635. The van der Waals surface area contributed by atoms with E-state index in [2.05, 4.69) is 33.7 Å². The number of morpholine rings is 1. The second-order valence-corrected chi connectivity index (χ2v) is 8.61. The number of hydrogen-bond donors (Lipinski definition) is 2. The van der Waals surface area contributed by atoms with Gasteiger partial charge in [-0.15, -0.1) is 0 Å². The third-order valence-corrected chi connectivity index (χ3v) is 6.29. The Balaban J connectivity index is 1.39. The molecule has 1 aliphatic heterocycles. The highest BCUT2D eigenvalue weighted by Crippen LogP contribution is 2.24. The zero-order chi connectivity index (χ0) is 23.8. The van der Waals surface area contributed by atoms with Crippen LogP contribution in [-0.4, -0.2) is 50.8 Å². The highest BCUT2D eigenvalue weighted by Gasteiger charge is 2.22. The fourth-order valence-electron chi connectivity index (χ4n) is 4.13. The van der Waals surface area contributed by atoms with Gasteiger partial charge in [-0.1, -0.05) is 48.0 Å². The standard InChI is InChI=1S/C27H30ClN3O3/c1-33-23-11-9-21(10-12-23)26(31-13-15-34-16-14-31)19-29-18-20-5-4-6-22(17-20)30-27(32)24-7-2-3-8-25(24)28/h2-12,17,26,29H,13-16,18-19H2,1H3,(H,30,32)/t26-/m1/s1. The lowest BCUT2D eigenvalue weighted by Gasteiger charge is -2.35. The van der Waals surface area contributed by atoms with Gasteiger partial charge in [0, 0.05) is 37.9 Å². The maximum Gasteiger partial charge on any atom is 0.257 e. The van der Waals surface area contributed by atoms with Gasteiger partial charge in [-0.2, -0.15) is 0 Å². The first kappa shape index (κ1) is 24.2. The Morgan fingerprint density at radius 3 is 2.56 bits per heavy atom. The molecule has 3 aromatic carbocycles. The second-order valence-electron chi connectivity index (χ2n) is 8.20. The van der Waals surface area contributed by atoms with E-state index in [1.165, 1.54) is 5.56 Å². The molecule has 1 heterocycles. The van der Waals surface area contributed by atoms with E-state index in [0.29, 0.717) is 17.1 Å². The number of methoxy groups -OCH3 is 1. The predicted octanol–water partition coefficient (Wildman–Crippen LogP) is 4.76. The number of anilines is 1. The van der Waals surface area contributed by atoms with Gasteiger partial charge in [-0.05, 0) is 47.5 Å². The average Bonchev–Trinajstić information content (AvgIpc) is 2.88. The van der Waals surface area contributed by atoms with Crippen LogP contribution in [0.3, 0.4) is 0 Å². The molecule has 34 heavy (non-hydrogen) atoms. The van der Waals surface area contributed by atoms with Crippen molar-refractivity contribution in [3.8, 4) is 5.75 Å². The fourth-order valence-corrected chi connectivity index (χ4v) is 4.35. The first-order valence-electron chi connectivity index (χ1n) is 11.5. The minimum absolute atomic E-state index is 0.220. The number of halogens is 1. The van der Waals surface area contributed by atoms with Crippen LogP contribution in [-0.2, 0) is 11.3 Å². The van der Waals surface area contributed by atoms with Crippen molar-refractivity contribution in [3.63, 3.8) is 0 Å². The van der Waals surface area contributed by atoms with E-state index in [-0.39, 0.29) is 11.9 Å². The zero-order valence-electron chi connectivity index (χ0n) is 19.3. The number of nitrogens with one attached hydrogen (secondary N) is 2. The topological polar surface area (TPSA) is 62.8 Å². The molecule has 0 unspecified atom stereocenters. The van der Waals surface area contributed by atoms with Crippen LogP contribution in [0.25, 0.3) is 0 Å². The van der Waals surface area contributed by atoms with Gasteiger partial charge in [0.1, 0.15) is 5.75 Å². The number of hydrogen-bond acceptors (Lipinski definition) is 5. The fraction of sp³-hybridized carbons (Fsp3) is 0.296. The van der Waals surface area contributed by atoms with Crippen LogP contribution in [0.5, 0.6) is 5.75 Å². The lowest BCUT2D eigenvalue weighted by molar-refractivity contribution is 0.0161. The molecule has 3 aromatic rings. The Bertz CT molecular complexity index is 1080. The molecule has 1 amide bonds. The van der Waals surface area contributed by atoms with Gasteiger partial charge in [0.25, 0.3) is 5.91 Å². The predicted molar refractivity (Wildman–Crippen MR) is 136 cm³/mol. The van der Waals surface area contributed by atoms with Gasteiger partial charge in [0.05, 0.1) is 30.9 Å². The van der Waals surface area contributed by atoms with Crippen LogP contribution >= 0.6 is 11.6 Å². The minimum atomic E-state index is -0.220. The molecule has 6 nitrogen and oxygen atoms in total. The highest BCUT2D eigenvalue weighted by molar-refractivity contribution is 6.34. The van der Waals surface area contributed by atoms with Gasteiger partial charge in [-0.25, -0.2) is 0 Å². The van der Waals surface area contributed by atoms with E-state index >= 15 is 0 Å². The third-order valence-electron chi connectivity index (χ3n) is 5.96. The molecule has 1 saturated heterocycles. The molecule has 0 bridgehead atoms. The number of ether oxygens (including phenoxy) is 2. The van der Waals surface area contributed by atoms with Crippen molar-refractivity contribution in [1.29, 1.82) is 0 Å². The van der Waals surface area contributed by atoms with Gasteiger partial charge in [0.2, 0.25) is 0 Å². The molecule has 7 heteroatoms. The van der Waals surface area contributed by atoms with Crippen LogP contribution in [0.2, 0.25) is 5.02 Å². The monoisotopic (exact) mass is 479 g/mol. The van der Waals surface area contributed by atoms with Crippen LogP contribution in [0, 0.1) is 0 Å². The molecule has 1 atom stereocenters. The van der Waals surface area contributed by atoms with Gasteiger partial charge in [-0.3, -0.25) is 9.69 Å². The van der Waals surface area contributed by atoms with Crippen molar-refractivity contribution in [2.75, 3.05) is 45.3 Å². The summed E-state index contributed by atoms with van der Waals surface area (Å²) >= 11 is 6.16. The minimum Gasteiger partial charge on any atom is -0.497 e. The lowest BCUT2D eigenvalue weighted by atomic mass is 10.0. The average molecular weight is 480 g/mol. The number of carbonyl (C=O) groups excluding carboxylic acids is 1. The molecule has 1 fully saturated rings. The van der Waals surface area contributed by atoms with Crippen LogP contribution < -0.4 is 15.4 Å². The third kappa shape index (κ3) is 6.36. The Hall–Kier alpha value is -2.90. The van der Waals surface area contributed by atoms with Crippen molar-refractivity contribution in [1.82, 2.24) is 10.2 Å². The first-order valence-corrected chi connectivity index (χ1v) is 11.8. The quantitative estimate of drug-likeness (QED) is 0.463. The molecular formula is C27H30ClN3O3. The van der Waals surface area contributed by atoms with E-state index in [9.17, 15) is 4.79 Å². The van der Waals surface area contributed by atoms with Crippen molar-refractivity contribution < 1.29 is 14.3 Å². The zero-order valence-corrected chi connectivity index (χ0v) is 20.1. The summed E-state index contributed by atoms with van der Waals surface area (Å²) in [5, 5.41) is 6.98. The second kappa shape index (κ2) is 12.0. The molecule has 4 rings (SSSR count). The van der Waals surface area contributed by atoms with Gasteiger partial charge < -0.3 is 20.1 Å². The van der Waals surface area contributed by atoms with E-state index in [4.69, 9.17) is 21.1 Å². The van der Waals surface area contributed by atoms with E-state index in [0.717, 1.165) is 49.8 Å². The molecule has 2 N–H and O–H groups in total. The molecule has 0 saturated carbocycles. The summed E-state index contributed by atoms with van der Waals surface area (Å²) in [6.07, 6.45) is 0. The Labute approximate surface area is 205 Å². The van der Waals surface area contributed by atoms with Gasteiger partial charge >= 0.3 is 0 Å². The Kier molecular flexibility index (Phi) is 8.55. The summed E-state index contributed by atoms with van der Waals surface area (Å²) in [5.41, 5.74) is 3.54. The maximum absolute atomic E-state index is 12.6. The van der Waals surface area contributed by atoms with E-state index in [1.807, 2.05) is 36.4 Å². The summed E-state index contributed by atoms with van der Waals surface area (Å²) in [6.45, 7) is 4.79. The van der Waals surface area contributed by atoms with Crippen molar-refractivity contribution in [3.05, 3.63) is 94.5 Å². The number of carbonyl (C=O) groups is 1. The SMILES string of the molecule is COc1ccc([C@@H](CNCc2cccc(NC(=O)c3ccccc3Cl)c2)N2CCOCC2)cc1. The summed E-state index contributed by atoms with van der Waals surface area (Å²) in [4.78, 5) is 15.0. The number of rotatable bonds is 9. The molecule has 0 radical (unpaired) electrons. The summed E-state index contributed by atoms with van der Waals surface area (Å²) in [6, 6.07) is 23.4. The number of nitrogens with zero attached hydrogens (tertiary/aromatic N) is 1. The lowest BCUT2D eigenvalue weighted by Crippen LogP contribution is -2.42. The van der Waals surface area contributed by atoms with Crippen LogP contribution in [0.1, 0.15) is 27.5 Å². The van der Waals surface area contributed by atoms with Crippen LogP contribution in [0.4, 0.5) is 5.69 Å². The van der Waals surface area contributed by atoms with E-state index < -0.39 is 0 Å². The van der Waals surface area contributed by atoms with Crippen molar-refractivity contribution >= 4 is 23.2 Å². The molecular weight excluding hydrogens is 450 g/mol. The smallest absolute Gasteiger partial charge is 0.257 e. The molecule has 0 spiro atoms. The van der Waals surface area contributed by atoms with Crippen molar-refractivity contribution in [2.45, 2.75) is 12.6 Å². The highest BCUT2D eigenvalue weighted by atomic mass is 35.5. The Morgan fingerprint density at radius 2 is 1.82 bits per heavy atom. The van der Waals surface area contributed by atoms with Gasteiger partial charge in [0.15, 0.2) is 0 Å². The number of amides is 1. The number of benzene rings is 3. The van der Waals surface area contributed by atoms with Crippen LogP contribution in [0.15, 0.2) is 72.8 Å². The Morgan fingerprint density at radius 1 is 1.06 bits per heavy atom. The molecule has 0 aromatic heterocycles. The molecule has 0 aliphatic carbocycles. The molecule has 178 valence electrons. The normalized spacial score (nSPS) is 15.0. The largest absolute Gasteiger partial charge is 0.497 e. The van der Waals surface area contributed by atoms with E-state index in [1.54, 1.807) is 25.3 Å².